The maximum absolute atomic E-state index is 5.58. The minimum atomic E-state index is 0.109. The van der Waals surface area contributed by atoms with Crippen LogP contribution >= 0.6 is 12.2 Å². The Morgan fingerprint density at radius 3 is 1.93 bits per heavy atom. The standard InChI is InChI=1S/C23H32N6S/c1-18(19-11-5-2-6-12-19)24-23(30)27-22-25-20(28-13-7-3-8-14-28)17-21(26-22)29-15-9-4-10-16-29/h2,5-6,11-12,17-18H,3-4,7-10,13-16H2,1H3,(H2,24,25,26,27,30)/t18-/m0/s1. The summed E-state index contributed by atoms with van der Waals surface area (Å²) in [4.78, 5) is 14.4. The predicted octanol–water partition coefficient (Wildman–Crippen LogP) is 4.50. The Morgan fingerprint density at radius 2 is 1.40 bits per heavy atom. The largest absolute Gasteiger partial charge is 0.356 e. The summed E-state index contributed by atoms with van der Waals surface area (Å²) in [6, 6.07) is 12.6. The van der Waals surface area contributed by atoms with Gasteiger partial charge in [-0.05, 0) is 63.2 Å². The molecule has 0 radical (unpaired) electrons. The highest BCUT2D eigenvalue weighted by Crippen LogP contribution is 2.26. The fourth-order valence-electron chi connectivity index (χ4n) is 4.21. The highest BCUT2D eigenvalue weighted by molar-refractivity contribution is 7.80. The van der Waals surface area contributed by atoms with E-state index in [0.717, 1.165) is 37.8 Å². The van der Waals surface area contributed by atoms with E-state index in [1.807, 2.05) is 18.2 Å². The second-order valence-electron chi connectivity index (χ2n) is 8.23. The first-order chi connectivity index (χ1) is 14.7. The van der Waals surface area contributed by atoms with Crippen LogP contribution in [0.4, 0.5) is 17.6 Å². The van der Waals surface area contributed by atoms with Crippen LogP contribution in [-0.4, -0.2) is 41.3 Å². The molecule has 0 bridgehead atoms. The molecule has 160 valence electrons. The maximum Gasteiger partial charge on any atom is 0.232 e. The second kappa shape index (κ2) is 10.1. The van der Waals surface area contributed by atoms with Crippen LogP contribution in [0.25, 0.3) is 0 Å². The summed E-state index contributed by atoms with van der Waals surface area (Å²) in [6.45, 7) is 6.34. The number of hydrogen-bond donors (Lipinski definition) is 2. The second-order valence-corrected chi connectivity index (χ2v) is 8.64. The fourth-order valence-corrected chi connectivity index (χ4v) is 4.48. The Labute approximate surface area is 185 Å². The minimum absolute atomic E-state index is 0.109. The summed E-state index contributed by atoms with van der Waals surface area (Å²) < 4.78 is 0. The van der Waals surface area contributed by atoms with E-state index in [4.69, 9.17) is 22.2 Å². The molecule has 0 aliphatic carbocycles. The SMILES string of the molecule is C[C@H](NC(=S)Nc1nc(N2CCCCC2)cc(N2CCCCC2)n1)c1ccccc1. The Hall–Kier alpha value is -2.41. The third kappa shape index (κ3) is 5.39. The van der Waals surface area contributed by atoms with Crippen LogP contribution in [0, 0.1) is 0 Å². The Kier molecular flexibility index (Phi) is 7.00. The number of thiocarbonyl (C=S) groups is 1. The lowest BCUT2D eigenvalue weighted by Crippen LogP contribution is -2.34. The van der Waals surface area contributed by atoms with Gasteiger partial charge in [0.05, 0.1) is 6.04 Å². The molecular formula is C23H32N6S. The molecule has 2 N–H and O–H groups in total. The normalized spacial score (nSPS) is 18.0. The van der Waals surface area contributed by atoms with Crippen molar-refractivity contribution in [3.05, 3.63) is 42.0 Å². The number of aromatic nitrogens is 2. The lowest BCUT2D eigenvalue weighted by atomic mass is 10.1. The smallest absolute Gasteiger partial charge is 0.232 e. The van der Waals surface area contributed by atoms with Crippen LogP contribution in [-0.2, 0) is 0 Å². The topological polar surface area (TPSA) is 56.3 Å². The van der Waals surface area contributed by atoms with Crippen molar-refractivity contribution >= 4 is 34.9 Å². The molecule has 30 heavy (non-hydrogen) atoms. The molecule has 3 heterocycles. The van der Waals surface area contributed by atoms with Gasteiger partial charge in [0.1, 0.15) is 11.6 Å². The van der Waals surface area contributed by atoms with Crippen LogP contribution in [0.15, 0.2) is 36.4 Å². The zero-order valence-corrected chi connectivity index (χ0v) is 18.6. The van der Waals surface area contributed by atoms with Crippen LogP contribution in [0.5, 0.6) is 0 Å². The van der Waals surface area contributed by atoms with Crippen molar-refractivity contribution < 1.29 is 0 Å². The van der Waals surface area contributed by atoms with Gasteiger partial charge in [-0.15, -0.1) is 0 Å². The summed E-state index contributed by atoms with van der Waals surface area (Å²) in [5, 5.41) is 7.15. The summed E-state index contributed by atoms with van der Waals surface area (Å²) in [7, 11) is 0. The molecule has 0 unspecified atom stereocenters. The van der Waals surface area contributed by atoms with E-state index in [1.165, 1.54) is 44.1 Å². The van der Waals surface area contributed by atoms with E-state index in [0.29, 0.717) is 11.1 Å². The van der Waals surface area contributed by atoms with Gasteiger partial charge in [-0.3, -0.25) is 0 Å². The van der Waals surface area contributed by atoms with Crippen molar-refractivity contribution in [2.75, 3.05) is 41.3 Å². The zero-order valence-electron chi connectivity index (χ0n) is 17.8. The zero-order chi connectivity index (χ0) is 20.8. The van der Waals surface area contributed by atoms with Gasteiger partial charge in [0, 0.05) is 32.2 Å². The van der Waals surface area contributed by atoms with Gasteiger partial charge in [0.25, 0.3) is 0 Å². The molecule has 0 spiro atoms. The molecule has 2 fully saturated rings. The summed E-state index contributed by atoms with van der Waals surface area (Å²) in [5.41, 5.74) is 1.19. The summed E-state index contributed by atoms with van der Waals surface area (Å²) in [6.07, 6.45) is 7.50. The predicted molar refractivity (Wildman–Crippen MR) is 128 cm³/mol. The molecule has 2 aliphatic heterocycles. The van der Waals surface area contributed by atoms with Crippen molar-refractivity contribution in [1.82, 2.24) is 15.3 Å². The quantitative estimate of drug-likeness (QED) is 0.685. The third-order valence-corrected chi connectivity index (χ3v) is 6.15. The number of nitrogens with one attached hydrogen (secondary N) is 2. The summed E-state index contributed by atoms with van der Waals surface area (Å²) >= 11 is 5.58. The van der Waals surface area contributed by atoms with Crippen molar-refractivity contribution in [3.8, 4) is 0 Å². The molecule has 0 amide bonds. The monoisotopic (exact) mass is 424 g/mol. The Balaban J connectivity index is 1.51. The maximum atomic E-state index is 5.58. The molecule has 7 heteroatoms. The van der Waals surface area contributed by atoms with Crippen molar-refractivity contribution in [3.63, 3.8) is 0 Å². The molecule has 2 aromatic rings. The number of anilines is 3. The van der Waals surface area contributed by atoms with Gasteiger partial charge >= 0.3 is 0 Å². The van der Waals surface area contributed by atoms with E-state index >= 15 is 0 Å². The number of rotatable bonds is 5. The van der Waals surface area contributed by atoms with E-state index < -0.39 is 0 Å². The molecule has 2 aliphatic rings. The van der Waals surface area contributed by atoms with Crippen LogP contribution in [0.2, 0.25) is 0 Å². The lowest BCUT2D eigenvalue weighted by molar-refractivity contribution is 0.567. The molecule has 6 nitrogen and oxygen atoms in total. The van der Waals surface area contributed by atoms with Crippen LogP contribution < -0.4 is 20.4 Å². The van der Waals surface area contributed by atoms with Gasteiger partial charge in [-0.1, -0.05) is 30.3 Å². The van der Waals surface area contributed by atoms with Crippen molar-refractivity contribution in [1.29, 1.82) is 0 Å². The van der Waals surface area contributed by atoms with E-state index in [1.54, 1.807) is 0 Å². The molecule has 4 rings (SSSR count). The van der Waals surface area contributed by atoms with E-state index in [9.17, 15) is 0 Å². The molecular weight excluding hydrogens is 392 g/mol. The molecule has 1 aromatic heterocycles. The van der Waals surface area contributed by atoms with E-state index in [-0.39, 0.29) is 6.04 Å². The highest BCUT2D eigenvalue weighted by Gasteiger charge is 2.19. The first-order valence-electron chi connectivity index (χ1n) is 11.2. The number of hydrogen-bond acceptors (Lipinski definition) is 5. The molecule has 2 saturated heterocycles. The number of piperidine rings is 2. The average molecular weight is 425 g/mol. The molecule has 1 aromatic carbocycles. The Morgan fingerprint density at radius 1 is 0.867 bits per heavy atom. The number of benzene rings is 1. The van der Waals surface area contributed by atoms with Gasteiger partial charge in [0.15, 0.2) is 5.11 Å². The average Bonchev–Trinajstić information content (AvgIpc) is 2.80. The van der Waals surface area contributed by atoms with E-state index in [2.05, 4.69) is 45.6 Å². The van der Waals surface area contributed by atoms with Gasteiger partial charge in [-0.25, -0.2) is 0 Å². The molecule has 1 atom stereocenters. The van der Waals surface area contributed by atoms with Gasteiger partial charge < -0.3 is 20.4 Å². The van der Waals surface area contributed by atoms with Crippen LogP contribution in [0.1, 0.15) is 57.1 Å². The van der Waals surface area contributed by atoms with Gasteiger partial charge in [0.2, 0.25) is 5.95 Å². The first-order valence-corrected chi connectivity index (χ1v) is 11.6. The van der Waals surface area contributed by atoms with Gasteiger partial charge in [-0.2, -0.15) is 9.97 Å². The lowest BCUT2D eigenvalue weighted by Gasteiger charge is -2.31. The van der Waals surface area contributed by atoms with Crippen LogP contribution in [0.3, 0.4) is 0 Å². The first kappa shape index (κ1) is 20.8. The van der Waals surface area contributed by atoms with Crippen molar-refractivity contribution in [2.45, 2.75) is 51.5 Å². The minimum Gasteiger partial charge on any atom is -0.356 e. The molecule has 0 saturated carbocycles. The van der Waals surface area contributed by atoms with Crippen molar-refractivity contribution in [2.24, 2.45) is 0 Å². The Bertz CT molecular complexity index is 795. The number of nitrogens with zero attached hydrogens (tertiary/aromatic N) is 4. The fraction of sp³-hybridized carbons (Fsp3) is 0.522. The third-order valence-electron chi connectivity index (χ3n) is 5.93. The highest BCUT2D eigenvalue weighted by atomic mass is 32.1. The summed E-state index contributed by atoms with van der Waals surface area (Å²) in [5.74, 6) is 2.59.